The van der Waals surface area contributed by atoms with Gasteiger partial charge < -0.3 is 20.3 Å². The fourth-order valence-electron chi connectivity index (χ4n) is 3.41. The number of halogens is 3. The number of benzene rings is 2. The van der Waals surface area contributed by atoms with Crippen molar-refractivity contribution in [1.29, 1.82) is 5.26 Å². The zero-order valence-corrected chi connectivity index (χ0v) is 14.8. The van der Waals surface area contributed by atoms with Crippen LogP contribution in [0.25, 0.3) is 0 Å². The summed E-state index contributed by atoms with van der Waals surface area (Å²) in [5.41, 5.74) is 0.375. The Morgan fingerprint density at radius 1 is 1.31 bits per heavy atom. The molecule has 0 saturated carbocycles. The quantitative estimate of drug-likeness (QED) is 0.825. The Bertz CT molecular complexity index is 1080. The highest BCUT2D eigenvalue weighted by Gasteiger charge is 2.32. The maximum atomic E-state index is 14.0. The van der Waals surface area contributed by atoms with Crippen molar-refractivity contribution in [2.75, 3.05) is 18.5 Å². The van der Waals surface area contributed by atoms with E-state index in [1.54, 1.807) is 6.07 Å². The summed E-state index contributed by atoms with van der Waals surface area (Å²) in [6.45, 7) is -0.645. The third-order valence-electron chi connectivity index (χ3n) is 4.73. The van der Waals surface area contributed by atoms with Crippen molar-refractivity contribution in [1.82, 2.24) is 10.2 Å². The molecule has 0 aromatic heterocycles. The average Bonchev–Trinajstić information content (AvgIpc) is 3.05. The van der Waals surface area contributed by atoms with Crippen LogP contribution in [0.5, 0.6) is 5.75 Å². The van der Waals surface area contributed by atoms with Crippen molar-refractivity contribution in [3.63, 3.8) is 0 Å². The highest BCUT2D eigenvalue weighted by molar-refractivity contribution is 5.95. The van der Waals surface area contributed by atoms with E-state index in [0.29, 0.717) is 11.8 Å². The summed E-state index contributed by atoms with van der Waals surface area (Å²) in [5, 5.41) is 14.2. The number of urea groups is 1. The monoisotopic (exact) mass is 402 g/mol. The van der Waals surface area contributed by atoms with Gasteiger partial charge in [0, 0.05) is 23.4 Å². The molecule has 148 valence electrons. The predicted molar refractivity (Wildman–Crippen MR) is 93.3 cm³/mol. The number of rotatable bonds is 3. The third kappa shape index (κ3) is 3.31. The predicted octanol–water partition coefficient (Wildman–Crippen LogP) is 2.57. The van der Waals surface area contributed by atoms with Gasteiger partial charge in [0.1, 0.15) is 42.4 Å². The molecule has 0 aliphatic carbocycles. The highest BCUT2D eigenvalue weighted by atomic mass is 19.1. The fourth-order valence-corrected chi connectivity index (χ4v) is 3.41. The number of carbonyl (C=O) groups excluding carboxylic acids is 2. The Kier molecular flexibility index (Phi) is 4.50. The molecular weight excluding hydrogens is 389 g/mol. The summed E-state index contributed by atoms with van der Waals surface area (Å²) >= 11 is 0. The van der Waals surface area contributed by atoms with E-state index >= 15 is 0 Å². The molecule has 10 heteroatoms. The molecule has 2 N–H and O–H groups in total. The van der Waals surface area contributed by atoms with Gasteiger partial charge in [-0.05, 0) is 12.1 Å². The first-order chi connectivity index (χ1) is 13.9. The molecule has 7 nitrogen and oxygen atoms in total. The Labute approximate surface area is 162 Å². The first kappa shape index (κ1) is 18.6. The van der Waals surface area contributed by atoms with Crippen LogP contribution >= 0.6 is 0 Å². The van der Waals surface area contributed by atoms with Gasteiger partial charge in [0.2, 0.25) is 5.91 Å². The molecule has 0 unspecified atom stereocenters. The summed E-state index contributed by atoms with van der Waals surface area (Å²) in [7, 11) is 0. The van der Waals surface area contributed by atoms with Gasteiger partial charge in [-0.15, -0.1) is 0 Å². The van der Waals surface area contributed by atoms with Gasteiger partial charge >= 0.3 is 6.03 Å². The molecule has 0 bridgehead atoms. The van der Waals surface area contributed by atoms with Crippen molar-refractivity contribution in [2.24, 2.45) is 0 Å². The maximum Gasteiger partial charge on any atom is 0.322 e. The second-order valence-electron chi connectivity index (χ2n) is 6.58. The van der Waals surface area contributed by atoms with Crippen LogP contribution in [0.15, 0.2) is 24.3 Å². The van der Waals surface area contributed by atoms with Gasteiger partial charge in [-0.3, -0.25) is 4.79 Å². The number of carbonyl (C=O) groups is 2. The summed E-state index contributed by atoms with van der Waals surface area (Å²) < 4.78 is 46.4. The molecule has 1 atom stereocenters. The first-order valence-electron chi connectivity index (χ1n) is 8.56. The summed E-state index contributed by atoms with van der Waals surface area (Å²) in [4.78, 5) is 25.7. The standard InChI is InChI=1S/C19H13F3N4O3/c20-9-3-13(22)18-15(8-29-16(18)4-9)24-17(27)7-26-6-11-10(5-23)12(21)1-2-14(11)25-19(26)28/h1-4,15H,6-8H2,(H,24,27)(H,25,28)/t15-/m1/s1. The number of hydrogen-bond donors (Lipinski definition) is 2. The SMILES string of the molecule is N#Cc1c(F)ccc2c1CN(CC(=O)N[C@@H]1COc3cc(F)cc(F)c31)C(=O)N2. The Balaban J connectivity index is 1.49. The first-order valence-corrected chi connectivity index (χ1v) is 8.56. The number of nitrogens with zero attached hydrogens (tertiary/aromatic N) is 2. The lowest BCUT2D eigenvalue weighted by Crippen LogP contribution is -2.45. The largest absolute Gasteiger partial charge is 0.490 e. The number of anilines is 1. The van der Waals surface area contributed by atoms with Gasteiger partial charge in [-0.1, -0.05) is 0 Å². The zero-order chi connectivity index (χ0) is 20.7. The molecule has 2 aliphatic rings. The maximum absolute atomic E-state index is 14.0. The van der Waals surface area contributed by atoms with E-state index in [-0.39, 0.29) is 35.6 Å². The van der Waals surface area contributed by atoms with E-state index in [4.69, 9.17) is 10.00 Å². The van der Waals surface area contributed by atoms with Crippen LogP contribution in [0.4, 0.5) is 23.7 Å². The molecule has 2 aromatic carbocycles. The third-order valence-corrected chi connectivity index (χ3v) is 4.73. The van der Waals surface area contributed by atoms with Crippen LogP contribution in [-0.2, 0) is 11.3 Å². The van der Waals surface area contributed by atoms with Crippen molar-refractivity contribution in [3.05, 3.63) is 58.4 Å². The molecule has 2 aromatic rings. The van der Waals surface area contributed by atoms with Crippen molar-refractivity contribution in [3.8, 4) is 11.8 Å². The number of amides is 3. The number of fused-ring (bicyclic) bond motifs is 2. The second kappa shape index (κ2) is 7.01. The Morgan fingerprint density at radius 2 is 2.10 bits per heavy atom. The molecule has 4 rings (SSSR count). The minimum Gasteiger partial charge on any atom is -0.490 e. The molecular formula is C19H13F3N4O3. The molecule has 0 saturated heterocycles. The van der Waals surface area contributed by atoms with Crippen LogP contribution in [0, 0.1) is 28.8 Å². The smallest absolute Gasteiger partial charge is 0.322 e. The summed E-state index contributed by atoms with van der Waals surface area (Å²) in [5.74, 6) is -2.98. The highest BCUT2D eigenvalue weighted by Crippen LogP contribution is 2.35. The van der Waals surface area contributed by atoms with Crippen molar-refractivity contribution < 1.29 is 27.5 Å². The van der Waals surface area contributed by atoms with Gasteiger partial charge in [-0.2, -0.15) is 5.26 Å². The lowest BCUT2D eigenvalue weighted by atomic mass is 10.0. The van der Waals surface area contributed by atoms with Crippen LogP contribution in [0.1, 0.15) is 22.7 Å². The van der Waals surface area contributed by atoms with E-state index in [1.165, 1.54) is 6.07 Å². The minimum atomic E-state index is -0.846. The van der Waals surface area contributed by atoms with Crippen LogP contribution in [-0.4, -0.2) is 30.0 Å². The van der Waals surface area contributed by atoms with E-state index in [2.05, 4.69) is 10.6 Å². The summed E-state index contributed by atoms with van der Waals surface area (Å²) in [6, 6.07) is 4.45. The summed E-state index contributed by atoms with van der Waals surface area (Å²) in [6.07, 6.45) is 0. The van der Waals surface area contributed by atoms with E-state index in [9.17, 15) is 22.8 Å². The average molecular weight is 402 g/mol. The van der Waals surface area contributed by atoms with Gasteiger partial charge in [0.15, 0.2) is 0 Å². The molecule has 2 heterocycles. The minimum absolute atomic E-state index is 0.00609. The number of hydrogen-bond acceptors (Lipinski definition) is 4. The van der Waals surface area contributed by atoms with Crippen LogP contribution < -0.4 is 15.4 Å². The second-order valence-corrected chi connectivity index (χ2v) is 6.58. The van der Waals surface area contributed by atoms with E-state index in [0.717, 1.165) is 17.0 Å². The zero-order valence-electron chi connectivity index (χ0n) is 14.8. The number of nitriles is 1. The van der Waals surface area contributed by atoms with Crippen LogP contribution in [0.3, 0.4) is 0 Å². The Morgan fingerprint density at radius 3 is 2.86 bits per heavy atom. The molecule has 2 aliphatic heterocycles. The number of nitrogens with one attached hydrogen (secondary N) is 2. The molecule has 0 fully saturated rings. The Hall–Kier alpha value is -3.74. The van der Waals surface area contributed by atoms with Gasteiger partial charge in [0.25, 0.3) is 0 Å². The topological polar surface area (TPSA) is 94.5 Å². The molecule has 3 amide bonds. The molecule has 0 spiro atoms. The van der Waals surface area contributed by atoms with Crippen molar-refractivity contribution >= 4 is 17.6 Å². The van der Waals surface area contributed by atoms with Gasteiger partial charge in [0.05, 0.1) is 23.7 Å². The fraction of sp³-hybridized carbons (Fsp3) is 0.211. The van der Waals surface area contributed by atoms with Crippen molar-refractivity contribution in [2.45, 2.75) is 12.6 Å². The van der Waals surface area contributed by atoms with E-state index in [1.807, 2.05) is 0 Å². The van der Waals surface area contributed by atoms with E-state index < -0.39 is 42.0 Å². The van der Waals surface area contributed by atoms with Gasteiger partial charge in [-0.25, -0.2) is 18.0 Å². The lowest BCUT2D eigenvalue weighted by Gasteiger charge is -2.29. The molecule has 29 heavy (non-hydrogen) atoms. The lowest BCUT2D eigenvalue weighted by molar-refractivity contribution is -0.122. The normalized spacial score (nSPS) is 17.0. The number of ether oxygens (including phenoxy) is 1. The van der Waals surface area contributed by atoms with Crippen LogP contribution in [0.2, 0.25) is 0 Å². The molecule has 0 radical (unpaired) electrons.